The first-order valence-corrected chi connectivity index (χ1v) is 17.1. The van der Waals surface area contributed by atoms with E-state index in [0.717, 1.165) is 70.9 Å². The average Bonchev–Trinajstić information content (AvgIpc) is 3.72. The smallest absolute Gasteiger partial charge is 0.300 e. The second-order valence-electron chi connectivity index (χ2n) is 12.0. The number of carboxylic acid groups (broad SMARTS) is 1. The van der Waals surface area contributed by atoms with Gasteiger partial charge in [0.2, 0.25) is 5.91 Å². The summed E-state index contributed by atoms with van der Waals surface area (Å²) in [4.78, 5) is 36.9. The lowest BCUT2D eigenvalue weighted by Crippen LogP contribution is -2.28. The molecule has 0 unspecified atom stereocenters. The molecule has 8 heteroatoms. The van der Waals surface area contributed by atoms with E-state index in [1.165, 1.54) is 63.6 Å². The number of ether oxygens (including phenoxy) is 1. The number of carbonyl (C=O) groups is 3. The third-order valence-corrected chi connectivity index (χ3v) is 8.06. The zero-order valence-electron chi connectivity index (χ0n) is 29.2. The van der Waals surface area contributed by atoms with E-state index in [1.54, 1.807) is 0 Å². The number of hydrogen-bond donors (Lipinski definition) is 1. The number of aliphatic carboxylic acids is 1. The standard InChI is InChI=1S/C16H23NO2.C12H27N.C6H11NO.C2H4O2/c1-3-15-7-10-19-16(15)6-4-5-14-11-13(2)17(12-14)8-9-18;1-4-6-8-9-10-12-13(3)11-7-5-2;1-2-7-5-3-4-6(7)8;1-2(3)4/h3-6,9,13-14H,7-8,10-12H2,1-2H3;4-12H2,1-3H3;2-5H2,1H3;1H3,(H,3,4)/b5-4+,15-3-,16-6+;;;/t13-,14+;;;/m0.../s1. The fourth-order valence-corrected chi connectivity index (χ4v) is 5.42. The van der Waals surface area contributed by atoms with Gasteiger partial charge < -0.3 is 24.4 Å². The van der Waals surface area contributed by atoms with Gasteiger partial charge in [0.05, 0.1) is 13.2 Å². The lowest BCUT2D eigenvalue weighted by atomic mass is 10.1. The predicted octanol–water partition coefficient (Wildman–Crippen LogP) is 7.11. The summed E-state index contributed by atoms with van der Waals surface area (Å²) in [6.45, 7) is 18.7. The molecule has 0 spiro atoms. The maximum atomic E-state index is 10.7. The van der Waals surface area contributed by atoms with E-state index < -0.39 is 5.97 Å². The van der Waals surface area contributed by atoms with Crippen molar-refractivity contribution < 1.29 is 24.2 Å². The molecule has 0 aromatic rings. The van der Waals surface area contributed by atoms with E-state index in [4.69, 9.17) is 14.6 Å². The van der Waals surface area contributed by atoms with E-state index in [1.807, 2.05) is 11.8 Å². The van der Waals surface area contributed by atoms with Crippen LogP contribution in [0.5, 0.6) is 0 Å². The normalized spacial score (nSPS) is 21.5. The summed E-state index contributed by atoms with van der Waals surface area (Å²) in [7, 11) is 2.25. The monoisotopic (exact) mass is 619 g/mol. The van der Waals surface area contributed by atoms with E-state index in [0.29, 0.717) is 24.4 Å². The van der Waals surface area contributed by atoms with Crippen LogP contribution in [0.25, 0.3) is 0 Å². The number of aldehydes is 1. The van der Waals surface area contributed by atoms with Crippen molar-refractivity contribution in [1.29, 1.82) is 0 Å². The predicted molar refractivity (Wildman–Crippen MR) is 183 cm³/mol. The molecule has 0 aromatic carbocycles. The van der Waals surface area contributed by atoms with Crippen LogP contribution in [-0.2, 0) is 19.1 Å². The first-order chi connectivity index (χ1) is 21.1. The van der Waals surface area contributed by atoms with Crippen molar-refractivity contribution >= 4 is 18.2 Å². The van der Waals surface area contributed by atoms with Gasteiger partial charge in [-0.1, -0.05) is 64.2 Å². The molecule has 0 saturated carbocycles. The maximum Gasteiger partial charge on any atom is 0.300 e. The minimum Gasteiger partial charge on any atom is -0.493 e. The summed E-state index contributed by atoms with van der Waals surface area (Å²) >= 11 is 0. The zero-order valence-corrected chi connectivity index (χ0v) is 29.2. The number of carbonyl (C=O) groups excluding carboxylic acids is 2. The Morgan fingerprint density at radius 3 is 2.27 bits per heavy atom. The van der Waals surface area contributed by atoms with Crippen LogP contribution in [0.4, 0.5) is 0 Å². The molecule has 1 N–H and O–H groups in total. The van der Waals surface area contributed by atoms with Crippen molar-refractivity contribution in [1.82, 2.24) is 14.7 Å². The number of nitrogens with zero attached hydrogens (tertiary/aromatic N) is 3. The van der Waals surface area contributed by atoms with Crippen molar-refractivity contribution in [3.8, 4) is 0 Å². The lowest BCUT2D eigenvalue weighted by molar-refractivity contribution is -0.134. The summed E-state index contributed by atoms with van der Waals surface area (Å²) in [5, 5.41) is 7.42. The van der Waals surface area contributed by atoms with Crippen molar-refractivity contribution in [2.75, 3.05) is 52.9 Å². The highest BCUT2D eigenvalue weighted by Crippen LogP contribution is 2.25. The van der Waals surface area contributed by atoms with Gasteiger partial charge in [0.15, 0.2) is 0 Å². The summed E-state index contributed by atoms with van der Waals surface area (Å²) in [6, 6.07) is 0.501. The number of amides is 1. The van der Waals surface area contributed by atoms with Crippen LogP contribution in [0.3, 0.4) is 0 Å². The number of carboxylic acids is 1. The third-order valence-electron chi connectivity index (χ3n) is 8.06. The van der Waals surface area contributed by atoms with E-state index in [-0.39, 0.29) is 0 Å². The average molecular weight is 620 g/mol. The van der Waals surface area contributed by atoms with Gasteiger partial charge in [-0.15, -0.1) is 0 Å². The van der Waals surface area contributed by atoms with E-state index >= 15 is 0 Å². The highest BCUT2D eigenvalue weighted by molar-refractivity contribution is 5.77. The van der Waals surface area contributed by atoms with Gasteiger partial charge in [0.1, 0.15) is 12.0 Å². The van der Waals surface area contributed by atoms with Crippen molar-refractivity contribution in [2.24, 2.45) is 5.92 Å². The van der Waals surface area contributed by atoms with Gasteiger partial charge >= 0.3 is 0 Å². The Morgan fingerprint density at radius 2 is 1.73 bits per heavy atom. The van der Waals surface area contributed by atoms with Crippen molar-refractivity contribution in [2.45, 2.75) is 118 Å². The van der Waals surface area contributed by atoms with Crippen LogP contribution in [-0.4, -0.2) is 96.9 Å². The fourth-order valence-electron chi connectivity index (χ4n) is 5.42. The van der Waals surface area contributed by atoms with Crippen LogP contribution < -0.4 is 0 Å². The number of rotatable bonds is 14. The molecule has 254 valence electrons. The SMILES string of the molecule is C/C=C1/CCO/C1=C/C=C/[C@@H]1C[C@H](C)N(CC=O)C1.CC(=O)O.CCCCCCCN(C)CCCC.CCN1CCCC1=O. The number of likely N-dealkylation sites (tertiary alicyclic amines) is 2. The highest BCUT2D eigenvalue weighted by Gasteiger charge is 2.26. The molecule has 3 fully saturated rings. The second kappa shape index (κ2) is 26.9. The first-order valence-electron chi connectivity index (χ1n) is 17.1. The van der Waals surface area contributed by atoms with Gasteiger partial charge in [0, 0.05) is 45.4 Å². The van der Waals surface area contributed by atoms with Gasteiger partial charge in [-0.2, -0.15) is 0 Å². The fraction of sp³-hybridized carbons (Fsp3) is 0.750. The van der Waals surface area contributed by atoms with Crippen molar-refractivity contribution in [3.63, 3.8) is 0 Å². The molecule has 44 heavy (non-hydrogen) atoms. The summed E-state index contributed by atoms with van der Waals surface area (Å²) in [6.07, 6.45) is 23.2. The number of unbranched alkanes of at least 4 members (excludes halogenated alkanes) is 5. The molecule has 3 aliphatic heterocycles. The van der Waals surface area contributed by atoms with Crippen LogP contribution in [0, 0.1) is 5.92 Å². The molecule has 3 heterocycles. The minimum atomic E-state index is -0.833. The molecule has 1 amide bonds. The summed E-state index contributed by atoms with van der Waals surface area (Å²) in [5.74, 6) is 1.05. The van der Waals surface area contributed by atoms with Crippen LogP contribution >= 0.6 is 0 Å². The Balaban J connectivity index is 0.000000638. The molecule has 8 nitrogen and oxygen atoms in total. The van der Waals surface area contributed by atoms with Gasteiger partial charge in [0.25, 0.3) is 5.97 Å². The van der Waals surface area contributed by atoms with Gasteiger partial charge in [-0.05, 0) is 84.2 Å². The summed E-state index contributed by atoms with van der Waals surface area (Å²) < 4.78 is 5.59. The van der Waals surface area contributed by atoms with Gasteiger partial charge in [-0.25, -0.2) is 0 Å². The Morgan fingerprint density at radius 1 is 1.07 bits per heavy atom. The molecule has 2 atom stereocenters. The Kier molecular flexibility index (Phi) is 25.4. The molecule has 3 aliphatic rings. The molecule has 3 rings (SSSR count). The Bertz CT molecular complexity index is 866. The Hall–Kier alpha value is -2.45. The molecular formula is C36H65N3O5. The quantitative estimate of drug-likeness (QED) is 0.164. The second-order valence-corrected chi connectivity index (χ2v) is 12.0. The summed E-state index contributed by atoms with van der Waals surface area (Å²) in [5.41, 5.74) is 1.30. The van der Waals surface area contributed by atoms with Crippen LogP contribution in [0.2, 0.25) is 0 Å². The Labute approximate surface area is 269 Å². The van der Waals surface area contributed by atoms with E-state index in [9.17, 15) is 9.59 Å². The third kappa shape index (κ3) is 20.5. The molecule has 0 bridgehead atoms. The molecular weight excluding hydrogens is 554 g/mol. The number of allylic oxidation sites excluding steroid dienone is 4. The first kappa shape index (κ1) is 41.5. The lowest BCUT2D eigenvalue weighted by Gasteiger charge is -2.16. The molecule has 3 saturated heterocycles. The van der Waals surface area contributed by atoms with Crippen molar-refractivity contribution in [3.05, 3.63) is 35.6 Å². The molecule has 0 aromatic heterocycles. The molecule has 0 aliphatic carbocycles. The minimum absolute atomic E-state index is 0.326. The number of hydrogen-bond acceptors (Lipinski definition) is 6. The zero-order chi connectivity index (χ0) is 33.2. The molecule has 0 radical (unpaired) electrons. The van der Waals surface area contributed by atoms with Crippen LogP contribution in [0.15, 0.2) is 35.6 Å². The topological polar surface area (TPSA) is 90.4 Å². The van der Waals surface area contributed by atoms with Crippen LogP contribution in [0.1, 0.15) is 112 Å². The van der Waals surface area contributed by atoms with E-state index in [2.05, 4.69) is 68.8 Å². The van der Waals surface area contributed by atoms with Gasteiger partial charge in [-0.3, -0.25) is 14.5 Å². The maximum absolute atomic E-state index is 10.7. The highest BCUT2D eigenvalue weighted by atomic mass is 16.5. The largest absolute Gasteiger partial charge is 0.493 e.